The van der Waals surface area contributed by atoms with Crippen molar-refractivity contribution < 1.29 is 9.90 Å². The van der Waals surface area contributed by atoms with Crippen LogP contribution in [0.25, 0.3) is 0 Å². The Hall–Kier alpha value is -2.14. The van der Waals surface area contributed by atoms with Crippen LogP contribution in [0.2, 0.25) is 0 Å². The quantitative estimate of drug-likeness (QED) is 0.759. The molecule has 0 aliphatic carbocycles. The number of amides is 1. The molecule has 5 heteroatoms. The maximum absolute atomic E-state index is 12.1. The number of rotatable bonds is 6. The number of aromatic nitrogens is 2. The Morgan fingerprint density at radius 3 is 2.59 bits per heavy atom. The fraction of sp³-hybridized carbons (Fsp3) is 0.412. The topological polar surface area (TPSA) is 78.0 Å². The molecule has 0 unspecified atom stereocenters. The summed E-state index contributed by atoms with van der Waals surface area (Å²) in [5.74, 6) is -0.104. The molecule has 3 N–H and O–H groups in total. The Labute approximate surface area is 130 Å². The highest BCUT2D eigenvalue weighted by molar-refractivity contribution is 5.79. The van der Waals surface area contributed by atoms with Gasteiger partial charge in [-0.05, 0) is 26.3 Å². The Kier molecular flexibility index (Phi) is 5.33. The number of aryl methyl sites for hydroxylation is 2. The minimum absolute atomic E-state index is 0.104. The molecule has 0 spiro atoms. The number of carbonyl (C=O) groups is 1. The maximum atomic E-state index is 12.1. The molecule has 1 aromatic carbocycles. The molecule has 0 aliphatic rings. The molecule has 5 nitrogen and oxygen atoms in total. The van der Waals surface area contributed by atoms with Gasteiger partial charge in [-0.3, -0.25) is 9.89 Å². The van der Waals surface area contributed by atoms with Crippen LogP contribution in [-0.2, 0) is 17.6 Å². The first kappa shape index (κ1) is 16.2. The van der Waals surface area contributed by atoms with Gasteiger partial charge in [-0.2, -0.15) is 5.10 Å². The summed E-state index contributed by atoms with van der Waals surface area (Å²) in [7, 11) is 0. The number of nitrogens with one attached hydrogen (secondary N) is 2. The number of carbonyl (C=O) groups excluding carboxylic acids is 1. The summed E-state index contributed by atoms with van der Waals surface area (Å²) >= 11 is 0. The number of benzene rings is 1. The van der Waals surface area contributed by atoms with Gasteiger partial charge in [-0.1, -0.05) is 30.3 Å². The first-order valence-electron chi connectivity index (χ1n) is 7.49. The van der Waals surface area contributed by atoms with E-state index >= 15 is 0 Å². The summed E-state index contributed by atoms with van der Waals surface area (Å²) in [6.07, 6.45) is 0.181. The Morgan fingerprint density at radius 1 is 1.32 bits per heavy atom. The zero-order valence-corrected chi connectivity index (χ0v) is 13.3. The van der Waals surface area contributed by atoms with Crippen molar-refractivity contribution in [2.75, 3.05) is 0 Å². The van der Waals surface area contributed by atoms with Crippen LogP contribution in [-0.4, -0.2) is 33.4 Å². The van der Waals surface area contributed by atoms with Crippen LogP contribution in [0, 0.1) is 13.8 Å². The average molecular weight is 301 g/mol. The molecule has 0 saturated carbocycles. The van der Waals surface area contributed by atoms with Gasteiger partial charge in [0.05, 0.1) is 24.3 Å². The van der Waals surface area contributed by atoms with Gasteiger partial charge >= 0.3 is 0 Å². The van der Waals surface area contributed by atoms with Crippen molar-refractivity contribution in [3.63, 3.8) is 0 Å². The van der Waals surface area contributed by atoms with Crippen molar-refractivity contribution in [2.24, 2.45) is 0 Å². The second kappa shape index (κ2) is 7.22. The molecule has 2 atom stereocenters. The van der Waals surface area contributed by atoms with Crippen molar-refractivity contribution in [1.82, 2.24) is 15.5 Å². The second-order valence-electron chi connectivity index (χ2n) is 5.70. The van der Waals surface area contributed by atoms with Gasteiger partial charge in [-0.25, -0.2) is 0 Å². The summed E-state index contributed by atoms with van der Waals surface area (Å²) in [6, 6.07) is 9.45. The van der Waals surface area contributed by atoms with Crippen molar-refractivity contribution in [3.05, 3.63) is 52.8 Å². The van der Waals surface area contributed by atoms with E-state index in [9.17, 15) is 9.90 Å². The zero-order valence-electron chi connectivity index (χ0n) is 13.3. The van der Waals surface area contributed by atoms with E-state index in [1.54, 1.807) is 0 Å². The Bertz CT molecular complexity index is 603. The Morgan fingerprint density at radius 2 is 2.00 bits per heavy atom. The van der Waals surface area contributed by atoms with Gasteiger partial charge in [-0.15, -0.1) is 0 Å². The summed E-state index contributed by atoms with van der Waals surface area (Å²) in [4.78, 5) is 12.1. The summed E-state index contributed by atoms with van der Waals surface area (Å²) in [6.45, 7) is 5.59. The fourth-order valence-electron chi connectivity index (χ4n) is 2.43. The monoisotopic (exact) mass is 301 g/mol. The van der Waals surface area contributed by atoms with Crippen molar-refractivity contribution in [1.29, 1.82) is 0 Å². The van der Waals surface area contributed by atoms with E-state index in [4.69, 9.17) is 0 Å². The summed E-state index contributed by atoms with van der Waals surface area (Å²) in [5, 5.41) is 20.0. The van der Waals surface area contributed by atoms with Gasteiger partial charge in [0.15, 0.2) is 0 Å². The smallest absolute Gasteiger partial charge is 0.224 e. The number of nitrogens with zero attached hydrogens (tertiary/aromatic N) is 1. The number of H-pyrrole nitrogens is 1. The molecule has 1 amide bonds. The molecular weight excluding hydrogens is 278 g/mol. The SMILES string of the molecule is Cc1n[nH]c(C)c1CC(=O)N[C@H](C)[C@H](O)Cc1ccccc1. The zero-order chi connectivity index (χ0) is 16.1. The lowest BCUT2D eigenvalue weighted by molar-refractivity contribution is -0.121. The predicted molar refractivity (Wildman–Crippen MR) is 85.5 cm³/mol. The minimum Gasteiger partial charge on any atom is -0.391 e. The number of aliphatic hydroxyl groups excluding tert-OH is 1. The fourth-order valence-corrected chi connectivity index (χ4v) is 2.43. The Balaban J connectivity index is 1.88. The molecule has 2 rings (SSSR count). The average Bonchev–Trinajstić information content (AvgIpc) is 2.80. The van der Waals surface area contributed by atoms with Crippen LogP contribution in [0.4, 0.5) is 0 Å². The van der Waals surface area contributed by atoms with E-state index in [-0.39, 0.29) is 18.4 Å². The first-order valence-corrected chi connectivity index (χ1v) is 7.49. The number of aliphatic hydroxyl groups is 1. The number of hydrogen-bond donors (Lipinski definition) is 3. The van der Waals surface area contributed by atoms with E-state index in [0.717, 1.165) is 22.5 Å². The van der Waals surface area contributed by atoms with E-state index in [1.165, 1.54) is 0 Å². The molecule has 1 aromatic heterocycles. The molecule has 0 fully saturated rings. The molecule has 0 saturated heterocycles. The largest absolute Gasteiger partial charge is 0.391 e. The molecule has 0 radical (unpaired) electrons. The van der Waals surface area contributed by atoms with Gasteiger partial charge < -0.3 is 10.4 Å². The molecule has 0 aliphatic heterocycles. The first-order chi connectivity index (χ1) is 10.5. The highest BCUT2D eigenvalue weighted by Crippen LogP contribution is 2.11. The molecule has 118 valence electrons. The summed E-state index contributed by atoms with van der Waals surface area (Å²) < 4.78 is 0. The lowest BCUT2D eigenvalue weighted by atomic mass is 10.0. The van der Waals surface area contributed by atoms with E-state index in [2.05, 4.69) is 15.5 Å². The van der Waals surface area contributed by atoms with Crippen LogP contribution >= 0.6 is 0 Å². The van der Waals surface area contributed by atoms with Crippen LogP contribution in [0.5, 0.6) is 0 Å². The third-order valence-corrected chi connectivity index (χ3v) is 3.87. The van der Waals surface area contributed by atoms with E-state index in [1.807, 2.05) is 51.1 Å². The lowest BCUT2D eigenvalue weighted by Gasteiger charge is -2.20. The van der Waals surface area contributed by atoms with E-state index < -0.39 is 6.10 Å². The number of aromatic amines is 1. The van der Waals surface area contributed by atoms with Crippen LogP contribution in [0.1, 0.15) is 29.4 Å². The number of hydrogen-bond acceptors (Lipinski definition) is 3. The minimum atomic E-state index is -0.613. The maximum Gasteiger partial charge on any atom is 0.224 e. The van der Waals surface area contributed by atoms with Crippen molar-refractivity contribution in [2.45, 2.75) is 45.8 Å². The van der Waals surface area contributed by atoms with Gasteiger partial charge in [0.25, 0.3) is 0 Å². The van der Waals surface area contributed by atoms with Crippen LogP contribution < -0.4 is 5.32 Å². The lowest BCUT2D eigenvalue weighted by Crippen LogP contribution is -2.42. The third-order valence-electron chi connectivity index (χ3n) is 3.87. The van der Waals surface area contributed by atoms with Crippen LogP contribution in [0.15, 0.2) is 30.3 Å². The molecular formula is C17H23N3O2. The van der Waals surface area contributed by atoms with E-state index in [0.29, 0.717) is 6.42 Å². The third kappa shape index (κ3) is 4.18. The van der Waals surface area contributed by atoms with Crippen molar-refractivity contribution >= 4 is 5.91 Å². The van der Waals surface area contributed by atoms with Crippen molar-refractivity contribution in [3.8, 4) is 0 Å². The van der Waals surface area contributed by atoms with Gasteiger partial charge in [0, 0.05) is 17.7 Å². The van der Waals surface area contributed by atoms with Crippen LogP contribution in [0.3, 0.4) is 0 Å². The molecule has 2 aromatic rings. The molecule has 22 heavy (non-hydrogen) atoms. The second-order valence-corrected chi connectivity index (χ2v) is 5.70. The van der Waals surface area contributed by atoms with Gasteiger partial charge in [0.1, 0.15) is 0 Å². The summed E-state index contributed by atoms with van der Waals surface area (Å²) in [5.41, 5.74) is 3.72. The normalized spacial score (nSPS) is 13.6. The highest BCUT2D eigenvalue weighted by Gasteiger charge is 2.18. The molecule has 1 heterocycles. The molecule has 0 bridgehead atoms. The van der Waals surface area contributed by atoms with Gasteiger partial charge in [0.2, 0.25) is 5.91 Å². The predicted octanol–water partition coefficient (Wildman–Crippen LogP) is 1.68. The standard InChI is InChI=1S/C17H23N3O2/c1-11-15(12(2)20-19-11)10-17(22)18-13(3)16(21)9-14-7-5-4-6-8-14/h4-8,13,16,21H,9-10H2,1-3H3,(H,18,22)(H,19,20)/t13-,16-/m1/s1. The highest BCUT2D eigenvalue weighted by atomic mass is 16.3.